The number of fused-ring (bicyclic) bond motifs is 1. The van der Waals surface area contributed by atoms with Gasteiger partial charge in [-0.05, 0) is 66.2 Å². The van der Waals surface area contributed by atoms with Crippen LogP contribution in [0.15, 0.2) is 84.6 Å². The number of hydrogen-bond donors (Lipinski definition) is 1. The zero-order valence-electron chi connectivity index (χ0n) is 20.0. The maximum absolute atomic E-state index is 14.7. The predicted octanol–water partition coefficient (Wildman–Crippen LogP) is 7.42. The minimum atomic E-state index is -4.84. The van der Waals surface area contributed by atoms with E-state index in [9.17, 15) is 31.1 Å². The first kappa shape index (κ1) is 26.4. The van der Waals surface area contributed by atoms with Gasteiger partial charge in [0.2, 0.25) is 0 Å². The van der Waals surface area contributed by atoms with Crippen molar-refractivity contribution in [3.63, 3.8) is 0 Å². The van der Waals surface area contributed by atoms with E-state index >= 15 is 0 Å². The molecule has 11 heteroatoms. The van der Waals surface area contributed by atoms with Gasteiger partial charge >= 0.3 is 6.18 Å². The monoisotopic (exact) mass is 561 g/mol. The van der Waals surface area contributed by atoms with Crippen molar-refractivity contribution in [3.05, 3.63) is 124 Å². The molecule has 0 fully saturated rings. The predicted molar refractivity (Wildman–Crippen MR) is 135 cm³/mol. The molecule has 2 aliphatic rings. The molecule has 2 heterocycles. The van der Waals surface area contributed by atoms with E-state index in [-0.39, 0.29) is 22.5 Å². The molecule has 1 N–H and O–H groups in total. The fourth-order valence-corrected chi connectivity index (χ4v) is 4.83. The van der Waals surface area contributed by atoms with Crippen molar-refractivity contribution in [1.82, 2.24) is 9.80 Å². The second-order valence-corrected chi connectivity index (χ2v) is 9.15. The maximum atomic E-state index is 14.7. The summed E-state index contributed by atoms with van der Waals surface area (Å²) in [5.41, 5.74) is -1.52. The Morgan fingerprint density at radius 2 is 1.72 bits per heavy atom. The lowest BCUT2D eigenvalue weighted by Crippen LogP contribution is -2.33. The minimum absolute atomic E-state index is 0.0432. The summed E-state index contributed by atoms with van der Waals surface area (Å²) in [5, 5.41) is 2.36. The third kappa shape index (κ3) is 4.76. The van der Waals surface area contributed by atoms with Crippen LogP contribution in [0, 0.1) is 17.5 Å². The van der Waals surface area contributed by atoms with Crippen LogP contribution in [0.1, 0.15) is 27.0 Å². The Hall–Kier alpha value is -4.18. The van der Waals surface area contributed by atoms with Gasteiger partial charge in [0.25, 0.3) is 5.91 Å². The van der Waals surface area contributed by atoms with Crippen molar-refractivity contribution in [2.45, 2.75) is 11.8 Å². The summed E-state index contributed by atoms with van der Waals surface area (Å²) in [4.78, 5) is 16.0. The molecule has 3 aromatic carbocycles. The lowest BCUT2D eigenvalue weighted by Gasteiger charge is -2.31. The van der Waals surface area contributed by atoms with Crippen LogP contribution >= 0.6 is 11.6 Å². The van der Waals surface area contributed by atoms with E-state index < -0.39 is 46.3 Å². The molecule has 0 spiro atoms. The number of nitrogens with zero attached hydrogens (tertiary/aromatic N) is 2. The van der Waals surface area contributed by atoms with E-state index in [2.05, 4.69) is 5.32 Å². The van der Waals surface area contributed by atoms with E-state index in [1.807, 2.05) is 0 Å². The van der Waals surface area contributed by atoms with E-state index in [0.29, 0.717) is 11.4 Å². The molecule has 3 aromatic rings. The van der Waals surface area contributed by atoms with Gasteiger partial charge in [0.1, 0.15) is 5.82 Å². The average Bonchev–Trinajstić information content (AvgIpc) is 3.16. The van der Waals surface area contributed by atoms with Crippen molar-refractivity contribution in [1.29, 1.82) is 0 Å². The molecule has 4 nitrogen and oxygen atoms in total. The Morgan fingerprint density at radius 1 is 1.00 bits per heavy atom. The molecular weight excluding hydrogens is 544 g/mol. The SMILES string of the molecule is CN1C(c2cccc(F)c2F)=C2C=CC=C(c3ccc(C(F)(F)F)c(C(=O)Nc4ccc(F)cc4)c3)N2C1Cl. The van der Waals surface area contributed by atoms with Crippen LogP contribution in [0.3, 0.4) is 0 Å². The fraction of sp³-hybridized carbons (Fsp3) is 0.107. The molecule has 1 amide bonds. The Balaban J connectivity index is 1.58. The molecule has 1 atom stereocenters. The Labute approximate surface area is 224 Å². The van der Waals surface area contributed by atoms with Crippen LogP contribution in [0.2, 0.25) is 0 Å². The van der Waals surface area contributed by atoms with E-state index in [0.717, 1.165) is 30.3 Å². The van der Waals surface area contributed by atoms with Gasteiger partial charge < -0.3 is 15.1 Å². The van der Waals surface area contributed by atoms with E-state index in [1.165, 1.54) is 35.2 Å². The zero-order chi connectivity index (χ0) is 28.1. The lowest BCUT2D eigenvalue weighted by atomic mass is 9.98. The molecule has 0 aromatic heterocycles. The first-order valence-electron chi connectivity index (χ1n) is 11.5. The van der Waals surface area contributed by atoms with Crippen molar-refractivity contribution < 1.29 is 31.1 Å². The summed E-state index contributed by atoms with van der Waals surface area (Å²) in [6, 6.07) is 11.4. The van der Waals surface area contributed by atoms with Gasteiger partial charge in [-0.25, -0.2) is 13.2 Å². The first-order valence-corrected chi connectivity index (χ1v) is 11.9. The number of halogens is 7. The highest BCUT2D eigenvalue weighted by Gasteiger charge is 2.40. The van der Waals surface area contributed by atoms with Gasteiger partial charge in [0.05, 0.1) is 28.2 Å². The molecular formula is C28H18ClF6N3O. The molecule has 200 valence electrons. The van der Waals surface area contributed by atoms with Gasteiger partial charge in [-0.1, -0.05) is 29.8 Å². The van der Waals surface area contributed by atoms with Gasteiger partial charge in [0.15, 0.2) is 17.3 Å². The van der Waals surface area contributed by atoms with Gasteiger partial charge in [0, 0.05) is 18.3 Å². The Bertz CT molecular complexity index is 1560. The summed E-state index contributed by atoms with van der Waals surface area (Å²) in [6.07, 6.45) is -0.0436. The maximum Gasteiger partial charge on any atom is 0.417 e. The number of carbonyl (C=O) groups excluding carboxylic acids is 1. The molecule has 0 saturated carbocycles. The summed E-state index contributed by atoms with van der Waals surface area (Å²) < 4.78 is 83.5. The summed E-state index contributed by atoms with van der Waals surface area (Å²) in [5.74, 6) is -3.75. The van der Waals surface area contributed by atoms with Gasteiger partial charge in [-0.15, -0.1) is 0 Å². The molecule has 0 aliphatic carbocycles. The third-order valence-corrected chi connectivity index (χ3v) is 6.82. The van der Waals surface area contributed by atoms with Crippen LogP contribution in [0.4, 0.5) is 32.0 Å². The Morgan fingerprint density at radius 3 is 2.41 bits per heavy atom. The van der Waals surface area contributed by atoms with E-state index in [1.54, 1.807) is 30.2 Å². The summed E-state index contributed by atoms with van der Waals surface area (Å²) >= 11 is 6.67. The number of allylic oxidation sites excluding steroid dienone is 3. The molecule has 5 rings (SSSR count). The number of hydrogen-bond acceptors (Lipinski definition) is 3. The van der Waals surface area contributed by atoms with Crippen molar-refractivity contribution in [2.75, 3.05) is 12.4 Å². The van der Waals surface area contributed by atoms with Crippen LogP contribution in [0.25, 0.3) is 11.4 Å². The number of rotatable bonds is 4. The van der Waals surface area contributed by atoms with Crippen LogP contribution in [0.5, 0.6) is 0 Å². The number of alkyl halides is 4. The topological polar surface area (TPSA) is 35.6 Å². The van der Waals surface area contributed by atoms with Crippen molar-refractivity contribution in [3.8, 4) is 0 Å². The zero-order valence-corrected chi connectivity index (χ0v) is 20.8. The van der Waals surface area contributed by atoms with Crippen LogP contribution in [-0.2, 0) is 6.18 Å². The van der Waals surface area contributed by atoms with E-state index in [4.69, 9.17) is 11.6 Å². The number of anilines is 1. The largest absolute Gasteiger partial charge is 0.417 e. The third-order valence-electron chi connectivity index (χ3n) is 6.33. The smallest absolute Gasteiger partial charge is 0.339 e. The summed E-state index contributed by atoms with van der Waals surface area (Å²) in [7, 11) is 1.57. The normalized spacial score (nSPS) is 16.9. The fourth-order valence-electron chi connectivity index (χ4n) is 4.52. The second-order valence-electron chi connectivity index (χ2n) is 8.76. The van der Waals surface area contributed by atoms with Gasteiger partial charge in [-0.3, -0.25) is 4.79 Å². The molecule has 2 aliphatic heterocycles. The number of benzene rings is 3. The lowest BCUT2D eigenvalue weighted by molar-refractivity contribution is -0.137. The van der Waals surface area contributed by atoms with Gasteiger partial charge in [-0.2, -0.15) is 13.2 Å². The quantitative estimate of drug-likeness (QED) is 0.204. The molecule has 0 radical (unpaired) electrons. The second kappa shape index (κ2) is 9.85. The Kier molecular flexibility index (Phi) is 6.67. The number of amides is 1. The highest BCUT2D eigenvalue weighted by Crippen LogP contribution is 2.45. The standard InChI is InChI=1S/C28H18ClF6N3O/c1-37-25(18-4-2-5-21(31)24(18)32)23-7-3-6-22(38(23)27(37)29)15-8-13-20(28(33,34)35)19(14-15)26(39)36-17-11-9-16(30)10-12-17/h2-14,27H,1H3,(H,36,39). The number of nitrogens with one attached hydrogen (secondary N) is 1. The van der Waals surface area contributed by atoms with Crippen LogP contribution < -0.4 is 5.32 Å². The van der Waals surface area contributed by atoms with Crippen molar-refractivity contribution >= 4 is 34.6 Å². The highest BCUT2D eigenvalue weighted by molar-refractivity contribution is 6.22. The number of carbonyl (C=O) groups is 1. The highest BCUT2D eigenvalue weighted by atomic mass is 35.5. The first-order chi connectivity index (χ1) is 18.5. The van der Waals surface area contributed by atoms with Crippen molar-refractivity contribution in [2.24, 2.45) is 0 Å². The molecule has 39 heavy (non-hydrogen) atoms. The summed E-state index contributed by atoms with van der Waals surface area (Å²) in [6.45, 7) is 0. The van der Waals surface area contributed by atoms with Crippen LogP contribution in [-0.4, -0.2) is 28.4 Å². The molecule has 1 unspecified atom stereocenters. The molecule has 0 bridgehead atoms. The average molecular weight is 562 g/mol. The minimum Gasteiger partial charge on any atom is -0.339 e. The molecule has 0 saturated heterocycles.